The van der Waals surface area contributed by atoms with E-state index in [1.807, 2.05) is 6.07 Å². The topological polar surface area (TPSA) is 236 Å². The Labute approximate surface area is 471 Å². The number of hydrogen-bond acceptors (Lipinski definition) is 12. The van der Waals surface area contributed by atoms with Gasteiger partial charge in [0.15, 0.2) is 16.6 Å². The summed E-state index contributed by atoms with van der Waals surface area (Å²) < 4.78 is 6.48. The summed E-state index contributed by atoms with van der Waals surface area (Å²) in [6, 6.07) is 5.97. The number of aromatic nitrogens is 1. The van der Waals surface area contributed by atoms with Gasteiger partial charge in [0.1, 0.15) is 17.9 Å². The number of thiazole rings is 1. The number of benzene rings is 1. The summed E-state index contributed by atoms with van der Waals surface area (Å²) in [5.74, 6) is 1.91. The van der Waals surface area contributed by atoms with Gasteiger partial charge in [-0.1, -0.05) is 41.0 Å². The lowest BCUT2D eigenvalue weighted by molar-refractivity contribution is -0.142. The molecule has 5 aliphatic rings. The number of ketones is 2. The van der Waals surface area contributed by atoms with E-state index in [2.05, 4.69) is 36.4 Å². The average molecular weight is 1110 g/mol. The summed E-state index contributed by atoms with van der Waals surface area (Å²) in [7, 11) is 1.63. The fourth-order valence-electron chi connectivity index (χ4n) is 15.2. The predicted molar refractivity (Wildman–Crippen MR) is 304 cm³/mol. The van der Waals surface area contributed by atoms with Gasteiger partial charge < -0.3 is 35.4 Å². The van der Waals surface area contributed by atoms with Crippen LogP contribution in [-0.4, -0.2) is 112 Å². The maximum Gasteiger partial charge on any atom is 0.415 e. The zero-order valence-corrected chi connectivity index (χ0v) is 49.3. The maximum absolute atomic E-state index is 13.7. The fraction of sp³-hybridized carbons (Fsp3) is 0.694. The molecule has 2 unspecified atom stereocenters. The van der Waals surface area contributed by atoms with Crippen LogP contribution in [-0.2, 0) is 28.8 Å². The number of nitrogens with one attached hydrogen (secondary N) is 2. The van der Waals surface area contributed by atoms with Crippen molar-refractivity contribution in [1.29, 1.82) is 5.26 Å². The highest BCUT2D eigenvalue weighted by Crippen LogP contribution is 2.68. The van der Waals surface area contributed by atoms with Gasteiger partial charge in [-0.25, -0.2) is 14.6 Å². The van der Waals surface area contributed by atoms with E-state index in [4.69, 9.17) is 4.74 Å². The molecular formula is C62H88N6O10S. The summed E-state index contributed by atoms with van der Waals surface area (Å²) in [4.78, 5) is 99.3. The van der Waals surface area contributed by atoms with Gasteiger partial charge in [0.25, 0.3) is 0 Å². The molecule has 0 aliphatic heterocycles. The smallest absolute Gasteiger partial charge is 0.415 e. The first-order chi connectivity index (χ1) is 37.4. The number of Topliss-reactive ketones (excluding diaryl/α,β-unsaturated/α-hetero) is 2. The van der Waals surface area contributed by atoms with Crippen molar-refractivity contribution in [3.8, 4) is 11.8 Å². The molecule has 1 aromatic carbocycles. The Balaban J connectivity index is 0.813. The number of rotatable bonds is 24. The number of aliphatic hydroxyl groups is 1. The number of nitrogens with zero attached hydrogens (tertiary/aromatic N) is 4. The molecule has 1 aromatic heterocycles. The second-order valence-electron chi connectivity index (χ2n) is 25.3. The van der Waals surface area contributed by atoms with Crippen LogP contribution in [0.3, 0.4) is 0 Å². The number of ether oxygens (including phenoxy) is 1. The Bertz CT molecular complexity index is 2740. The Morgan fingerprint density at radius 1 is 0.861 bits per heavy atom. The molecule has 0 radical (unpaired) electrons. The van der Waals surface area contributed by atoms with Crippen LogP contribution in [0.25, 0.3) is 10.2 Å². The number of aliphatic carboxylic acids is 1. The van der Waals surface area contributed by atoms with E-state index < -0.39 is 23.5 Å². The van der Waals surface area contributed by atoms with Crippen molar-refractivity contribution in [2.24, 2.45) is 51.8 Å². The van der Waals surface area contributed by atoms with E-state index in [9.17, 15) is 49.0 Å². The average Bonchev–Trinajstić information content (AvgIpc) is 4.26. The molecular weight excluding hydrogens is 1020 g/mol. The van der Waals surface area contributed by atoms with Crippen molar-refractivity contribution in [3.63, 3.8) is 0 Å². The first-order valence-electron chi connectivity index (χ1n) is 29.3. The standard InChI is InChI=1S/C62H88N6O10S/c1-37(45-21-22-46-44-20-18-41-33-42(69)25-27-61(41,7)47(44)26-28-62(45,46)8)17-24-52(71)65-49(58(75)76)15-12-13-29-64-51(70)16-11-10-14-30-68(59(77)78-43-19-23-48-50(34-43)79-53(36-63)66-48)32-31-67(9)54(72)35-60(5,6)55-40(4)56(73)38(2)39(3)57(55)74/h19,23,34,37,41-42,44-47,49,69H,10-18,20-22,24-33,35H2,1-9H3,(H,64,70)(H,65,71)(H,75,76)/t37?,41-,42-,44+,45-,46+,47+,49?,61+,62-/m1/s1. The van der Waals surface area contributed by atoms with Gasteiger partial charge in [0.2, 0.25) is 17.7 Å². The molecule has 4 fully saturated rings. The lowest BCUT2D eigenvalue weighted by Gasteiger charge is -2.61. The van der Waals surface area contributed by atoms with Crippen LogP contribution < -0.4 is 15.4 Å². The molecule has 10 atom stereocenters. The van der Waals surface area contributed by atoms with Gasteiger partial charge in [0, 0.05) is 86.3 Å². The third kappa shape index (κ3) is 14.0. The molecule has 7 rings (SSSR count). The van der Waals surface area contributed by atoms with Crippen LogP contribution >= 0.6 is 11.3 Å². The number of hydrogen-bond donors (Lipinski definition) is 4. The maximum atomic E-state index is 13.7. The summed E-state index contributed by atoms with van der Waals surface area (Å²) in [6.45, 7) is 16.7. The third-order valence-corrected chi connectivity index (χ3v) is 20.9. The molecule has 0 bridgehead atoms. The number of carboxylic acid groups (broad SMARTS) is 1. The summed E-state index contributed by atoms with van der Waals surface area (Å²) >= 11 is 1.18. The van der Waals surface area contributed by atoms with Crippen molar-refractivity contribution in [1.82, 2.24) is 25.4 Å². The second-order valence-corrected chi connectivity index (χ2v) is 26.4. The number of fused-ring (bicyclic) bond motifs is 6. The van der Waals surface area contributed by atoms with Gasteiger partial charge in [-0.2, -0.15) is 5.26 Å². The first kappa shape index (κ1) is 61.2. The van der Waals surface area contributed by atoms with Crippen LogP contribution in [0.5, 0.6) is 5.75 Å². The second kappa shape index (κ2) is 26.0. The Morgan fingerprint density at radius 2 is 1.58 bits per heavy atom. The summed E-state index contributed by atoms with van der Waals surface area (Å²) in [5.41, 5.74) is 1.76. The minimum atomic E-state index is -1.06. The normalized spacial score (nSPS) is 26.6. The van der Waals surface area contributed by atoms with Crippen molar-refractivity contribution < 1.29 is 48.5 Å². The highest BCUT2D eigenvalue weighted by atomic mass is 32.1. The molecule has 2 aromatic rings. The van der Waals surface area contributed by atoms with E-state index in [1.54, 1.807) is 59.9 Å². The molecule has 79 heavy (non-hydrogen) atoms. The van der Waals surface area contributed by atoms with Gasteiger partial charge >= 0.3 is 12.1 Å². The molecule has 0 saturated heterocycles. The molecule has 1 heterocycles. The molecule has 17 heteroatoms. The van der Waals surface area contributed by atoms with Gasteiger partial charge in [-0.05, 0) is 176 Å². The lowest BCUT2D eigenvalue weighted by atomic mass is 9.44. The van der Waals surface area contributed by atoms with Gasteiger partial charge in [0.05, 0.1) is 16.3 Å². The highest BCUT2D eigenvalue weighted by molar-refractivity contribution is 7.19. The Hall–Kier alpha value is -5.47. The number of carboxylic acids is 1. The van der Waals surface area contributed by atoms with Crippen LogP contribution in [0, 0.1) is 63.1 Å². The number of likely N-dealkylation sites (N-methyl/N-ethyl adjacent to an activating group) is 1. The zero-order chi connectivity index (χ0) is 57.6. The molecule has 4 saturated carbocycles. The number of allylic oxidation sites excluding steroid dienone is 4. The van der Waals surface area contributed by atoms with Crippen molar-refractivity contribution >= 4 is 62.9 Å². The number of amides is 4. The molecule has 5 aliphatic carbocycles. The quantitative estimate of drug-likeness (QED) is 0.0567. The fourth-order valence-corrected chi connectivity index (χ4v) is 16.0. The predicted octanol–water partition coefficient (Wildman–Crippen LogP) is 10.5. The van der Waals surface area contributed by atoms with Crippen molar-refractivity contribution in [2.45, 2.75) is 190 Å². The summed E-state index contributed by atoms with van der Waals surface area (Å²) in [6.07, 6.45) is 14.0. The first-order valence-corrected chi connectivity index (χ1v) is 30.2. The number of aliphatic hydroxyl groups excluding tert-OH is 1. The zero-order valence-electron chi connectivity index (χ0n) is 48.5. The van der Waals surface area contributed by atoms with Crippen LogP contribution in [0.15, 0.2) is 40.5 Å². The number of nitriles is 1. The van der Waals surface area contributed by atoms with Gasteiger partial charge in [-0.3, -0.25) is 24.0 Å². The lowest BCUT2D eigenvalue weighted by Crippen LogP contribution is -2.54. The minimum absolute atomic E-state index is 0.0370. The third-order valence-electron chi connectivity index (χ3n) is 19.9. The monoisotopic (exact) mass is 1110 g/mol. The van der Waals surface area contributed by atoms with Crippen LogP contribution in [0.2, 0.25) is 0 Å². The Morgan fingerprint density at radius 3 is 2.32 bits per heavy atom. The van der Waals surface area contributed by atoms with Crippen LogP contribution in [0.1, 0.15) is 182 Å². The number of unbranched alkanes of at least 4 members (excludes halogenated alkanes) is 3. The largest absolute Gasteiger partial charge is 0.480 e. The van der Waals surface area contributed by atoms with E-state index in [-0.39, 0.29) is 90.5 Å². The number of carbonyl (C=O) groups excluding carboxylic acids is 6. The van der Waals surface area contributed by atoms with Crippen LogP contribution in [0.4, 0.5) is 4.79 Å². The molecule has 4 N–H and O–H groups in total. The van der Waals surface area contributed by atoms with E-state index in [0.29, 0.717) is 107 Å². The molecule has 432 valence electrons. The SMILES string of the molecule is CC1=C(C)C(=O)C(C(C)(C)CC(=O)N(C)CCN(CCCCCC(=O)NCCCCC(NC(=O)CCC(C)[C@H]2CC[C@H]3[C@@H]4CC[C@@H]5C[C@H](O)CC[C@]5(C)[C@H]4CC[C@]23C)C(=O)O)C(=O)Oc2ccc3nc(C#N)sc3c2)=C(C)C1=O. The van der Waals surface area contributed by atoms with E-state index in [1.165, 1.54) is 59.7 Å². The number of carbonyl (C=O) groups is 7. The molecule has 4 amide bonds. The molecule has 0 spiro atoms. The van der Waals surface area contributed by atoms with Crippen molar-refractivity contribution in [2.75, 3.05) is 33.2 Å². The minimum Gasteiger partial charge on any atom is -0.480 e. The summed E-state index contributed by atoms with van der Waals surface area (Å²) in [5, 5.41) is 35.8. The van der Waals surface area contributed by atoms with E-state index in [0.717, 1.165) is 37.5 Å². The highest BCUT2D eigenvalue weighted by Gasteiger charge is 2.60. The van der Waals surface area contributed by atoms with Gasteiger partial charge in [-0.15, -0.1) is 11.3 Å². The Kier molecular flexibility index (Phi) is 20.1. The van der Waals surface area contributed by atoms with Crippen molar-refractivity contribution in [3.05, 3.63) is 45.5 Å². The molecule has 16 nitrogen and oxygen atoms in total. The van der Waals surface area contributed by atoms with E-state index >= 15 is 0 Å².